The van der Waals surface area contributed by atoms with E-state index in [1.807, 2.05) is 30.3 Å². The van der Waals surface area contributed by atoms with Gasteiger partial charge in [-0.3, -0.25) is 4.79 Å². The van der Waals surface area contributed by atoms with Crippen molar-refractivity contribution < 1.29 is 13.2 Å². The van der Waals surface area contributed by atoms with Gasteiger partial charge in [-0.15, -0.1) is 0 Å². The van der Waals surface area contributed by atoms with Crippen LogP contribution < -0.4 is 0 Å². The highest BCUT2D eigenvalue weighted by molar-refractivity contribution is 7.93. The number of hydrogen-bond donors (Lipinski definition) is 0. The molecule has 108 valence electrons. The van der Waals surface area contributed by atoms with Crippen LogP contribution in [-0.4, -0.2) is 31.5 Å². The average molecular weight is 301 g/mol. The Bertz CT molecular complexity index is 757. The van der Waals surface area contributed by atoms with Gasteiger partial charge in [-0.1, -0.05) is 48.5 Å². The average Bonchev–Trinajstić information content (AvgIpc) is 2.53. The lowest BCUT2D eigenvalue weighted by Gasteiger charge is -2.44. The molecule has 2 aromatic carbocycles. The number of carbonyl (C=O) groups excluding carboxylic acids is 1. The van der Waals surface area contributed by atoms with Crippen molar-refractivity contribution in [3.8, 4) is 0 Å². The number of β-lactam (4-membered cyclic amide) rings is 1. The van der Waals surface area contributed by atoms with Gasteiger partial charge in [0.1, 0.15) is 0 Å². The summed E-state index contributed by atoms with van der Waals surface area (Å²) in [5.41, 5.74) is 0.837. The van der Waals surface area contributed by atoms with Crippen molar-refractivity contribution in [3.05, 3.63) is 66.2 Å². The first kappa shape index (κ1) is 13.8. The largest absolute Gasteiger partial charge is 0.336 e. The molecule has 0 unspecified atom stereocenters. The Morgan fingerprint density at radius 1 is 0.905 bits per heavy atom. The van der Waals surface area contributed by atoms with E-state index in [2.05, 4.69) is 0 Å². The van der Waals surface area contributed by atoms with Crippen molar-refractivity contribution in [1.82, 2.24) is 4.90 Å². The molecule has 0 saturated carbocycles. The van der Waals surface area contributed by atoms with Gasteiger partial charge in [0.25, 0.3) is 0 Å². The van der Waals surface area contributed by atoms with Gasteiger partial charge in [-0.2, -0.15) is 0 Å². The molecule has 1 fully saturated rings. The molecule has 0 N–H and O–H groups in total. The van der Waals surface area contributed by atoms with Gasteiger partial charge in [0.05, 0.1) is 10.9 Å². The minimum Gasteiger partial charge on any atom is -0.336 e. The van der Waals surface area contributed by atoms with Crippen molar-refractivity contribution in [3.63, 3.8) is 0 Å². The number of sulfone groups is 1. The number of nitrogens with zero attached hydrogens (tertiary/aromatic N) is 1. The molecule has 2 aromatic rings. The maximum atomic E-state index is 12.7. The van der Waals surface area contributed by atoms with Gasteiger partial charge in [0.15, 0.2) is 15.1 Å². The maximum Gasteiger partial charge on any atom is 0.244 e. The fraction of sp³-hybridized carbons (Fsp3) is 0.188. The predicted molar refractivity (Wildman–Crippen MR) is 79.4 cm³/mol. The summed E-state index contributed by atoms with van der Waals surface area (Å²) in [7, 11) is -2.04. The maximum absolute atomic E-state index is 12.7. The molecule has 21 heavy (non-hydrogen) atoms. The predicted octanol–water partition coefficient (Wildman–Crippen LogP) is 2.04. The zero-order chi connectivity index (χ0) is 15.0. The summed E-state index contributed by atoms with van der Waals surface area (Å²) in [6.45, 7) is 0. The van der Waals surface area contributed by atoms with Crippen LogP contribution in [0.1, 0.15) is 11.6 Å². The van der Waals surface area contributed by atoms with Crippen molar-refractivity contribution in [1.29, 1.82) is 0 Å². The van der Waals surface area contributed by atoms with E-state index in [1.165, 1.54) is 17.0 Å². The van der Waals surface area contributed by atoms with E-state index in [4.69, 9.17) is 0 Å². The van der Waals surface area contributed by atoms with Crippen LogP contribution in [0.4, 0.5) is 0 Å². The molecule has 0 radical (unpaired) electrons. The van der Waals surface area contributed by atoms with Crippen LogP contribution in [-0.2, 0) is 14.6 Å². The summed E-state index contributed by atoms with van der Waals surface area (Å²) in [4.78, 5) is 13.8. The van der Waals surface area contributed by atoms with Gasteiger partial charge in [-0.05, 0) is 17.7 Å². The second-order valence-corrected chi connectivity index (χ2v) is 7.15. The van der Waals surface area contributed by atoms with Crippen molar-refractivity contribution >= 4 is 15.7 Å². The number of benzene rings is 2. The number of likely N-dealkylation sites (tertiary alicyclic amines) is 1. The second kappa shape index (κ2) is 5.00. The standard InChI is InChI=1S/C16H15NO3S/c1-17-14(12-8-4-2-5-9-12)15(16(17)18)21(19,20)13-10-6-3-7-11-13/h2-11,14-15H,1H3/t14-,15-/m1/s1. The van der Waals surface area contributed by atoms with Gasteiger partial charge in [-0.25, -0.2) is 8.42 Å². The fourth-order valence-corrected chi connectivity index (χ4v) is 4.64. The zero-order valence-corrected chi connectivity index (χ0v) is 12.3. The van der Waals surface area contributed by atoms with Gasteiger partial charge >= 0.3 is 0 Å². The van der Waals surface area contributed by atoms with E-state index in [0.29, 0.717) is 0 Å². The summed E-state index contributed by atoms with van der Waals surface area (Å²) < 4.78 is 25.4. The Morgan fingerprint density at radius 3 is 2.00 bits per heavy atom. The zero-order valence-electron chi connectivity index (χ0n) is 11.5. The van der Waals surface area contributed by atoms with Crippen LogP contribution in [0.3, 0.4) is 0 Å². The Hall–Kier alpha value is -2.14. The molecule has 1 aliphatic rings. The van der Waals surface area contributed by atoms with Crippen LogP contribution in [0.25, 0.3) is 0 Å². The molecule has 0 aromatic heterocycles. The molecule has 2 atom stereocenters. The lowest BCUT2D eigenvalue weighted by molar-refractivity contribution is -0.142. The topological polar surface area (TPSA) is 54.5 Å². The molecule has 0 aliphatic carbocycles. The number of amides is 1. The van der Waals surface area contributed by atoms with Crippen LogP contribution in [0, 0.1) is 0 Å². The molecular weight excluding hydrogens is 286 g/mol. The summed E-state index contributed by atoms with van der Waals surface area (Å²) in [6, 6.07) is 17.0. The molecule has 0 bridgehead atoms. The minimum atomic E-state index is -3.67. The third kappa shape index (κ3) is 2.14. The van der Waals surface area contributed by atoms with E-state index in [0.717, 1.165) is 5.56 Å². The van der Waals surface area contributed by atoms with E-state index in [1.54, 1.807) is 25.2 Å². The van der Waals surface area contributed by atoms with E-state index in [-0.39, 0.29) is 10.8 Å². The van der Waals surface area contributed by atoms with E-state index >= 15 is 0 Å². The second-order valence-electron chi connectivity index (χ2n) is 5.08. The van der Waals surface area contributed by atoms with Crippen LogP contribution in [0.2, 0.25) is 0 Å². The van der Waals surface area contributed by atoms with E-state index in [9.17, 15) is 13.2 Å². The summed E-state index contributed by atoms with van der Waals surface area (Å²) in [5.74, 6) is -0.354. The summed E-state index contributed by atoms with van der Waals surface area (Å²) in [6.07, 6.45) is 0. The first-order valence-corrected chi connectivity index (χ1v) is 8.18. The quantitative estimate of drug-likeness (QED) is 0.815. The SMILES string of the molecule is CN1C(=O)[C@H](S(=O)(=O)c2ccccc2)[C@H]1c1ccccc1. The van der Waals surface area contributed by atoms with Crippen molar-refractivity contribution in [2.45, 2.75) is 16.2 Å². The molecule has 0 spiro atoms. The highest BCUT2D eigenvalue weighted by Gasteiger charge is 2.53. The molecule has 1 saturated heterocycles. The summed E-state index contributed by atoms with van der Waals surface area (Å²) in [5, 5.41) is -1.03. The third-order valence-electron chi connectivity index (χ3n) is 3.84. The van der Waals surface area contributed by atoms with Gasteiger partial charge < -0.3 is 4.90 Å². The Labute approximate surface area is 123 Å². The minimum absolute atomic E-state index is 0.192. The molecule has 1 heterocycles. The number of hydrogen-bond acceptors (Lipinski definition) is 3. The first-order valence-electron chi connectivity index (χ1n) is 6.64. The number of rotatable bonds is 3. The third-order valence-corrected chi connectivity index (χ3v) is 5.90. The Balaban J connectivity index is 2.03. The molecule has 3 rings (SSSR count). The lowest BCUT2D eigenvalue weighted by atomic mass is 9.94. The lowest BCUT2D eigenvalue weighted by Crippen LogP contribution is -2.59. The Kier molecular flexibility index (Phi) is 3.29. The molecule has 1 amide bonds. The molecular formula is C16H15NO3S. The number of carbonyl (C=O) groups is 1. The Morgan fingerprint density at radius 2 is 1.43 bits per heavy atom. The smallest absolute Gasteiger partial charge is 0.244 e. The first-order chi connectivity index (χ1) is 10.0. The van der Waals surface area contributed by atoms with Crippen molar-refractivity contribution in [2.24, 2.45) is 0 Å². The van der Waals surface area contributed by atoms with Gasteiger partial charge in [0.2, 0.25) is 5.91 Å². The molecule has 4 nitrogen and oxygen atoms in total. The fourth-order valence-electron chi connectivity index (χ4n) is 2.70. The van der Waals surface area contributed by atoms with Crippen LogP contribution >= 0.6 is 0 Å². The van der Waals surface area contributed by atoms with Crippen LogP contribution in [0.15, 0.2) is 65.6 Å². The van der Waals surface area contributed by atoms with Gasteiger partial charge in [0, 0.05) is 7.05 Å². The molecule has 5 heteroatoms. The molecule has 1 aliphatic heterocycles. The highest BCUT2D eigenvalue weighted by atomic mass is 32.2. The van der Waals surface area contributed by atoms with E-state index < -0.39 is 21.1 Å². The monoisotopic (exact) mass is 301 g/mol. The summed E-state index contributed by atoms with van der Waals surface area (Å²) >= 11 is 0. The normalized spacial score (nSPS) is 22.0. The van der Waals surface area contributed by atoms with Crippen molar-refractivity contribution in [2.75, 3.05) is 7.05 Å². The highest BCUT2D eigenvalue weighted by Crippen LogP contribution is 2.40. The van der Waals surface area contributed by atoms with Crippen LogP contribution in [0.5, 0.6) is 0 Å².